The maximum absolute atomic E-state index is 12.4. The largest absolute Gasteiger partial charge is 0.349 e. The second kappa shape index (κ2) is 7.75. The maximum Gasteiger partial charge on any atom is 0.251 e. The second-order valence-corrected chi connectivity index (χ2v) is 7.78. The Labute approximate surface area is 138 Å². The van der Waals surface area contributed by atoms with Gasteiger partial charge in [0.2, 0.25) is 10.0 Å². The van der Waals surface area contributed by atoms with E-state index in [1.165, 1.54) is 24.6 Å². The van der Waals surface area contributed by atoms with Crippen molar-refractivity contribution in [3.63, 3.8) is 0 Å². The summed E-state index contributed by atoms with van der Waals surface area (Å²) in [5.74, 6) is 0.235. The van der Waals surface area contributed by atoms with Crippen molar-refractivity contribution < 1.29 is 13.2 Å². The summed E-state index contributed by atoms with van der Waals surface area (Å²) in [5.41, 5.74) is 0.365. The Morgan fingerprint density at radius 1 is 1.35 bits per heavy atom. The van der Waals surface area contributed by atoms with E-state index >= 15 is 0 Å². The fourth-order valence-corrected chi connectivity index (χ4v) is 3.88. The number of amides is 1. The van der Waals surface area contributed by atoms with Crippen LogP contribution in [0.3, 0.4) is 0 Å². The van der Waals surface area contributed by atoms with Crippen molar-refractivity contribution in [2.24, 2.45) is 5.92 Å². The molecule has 1 aromatic rings. The van der Waals surface area contributed by atoms with Gasteiger partial charge in [-0.1, -0.05) is 31.9 Å². The van der Waals surface area contributed by atoms with Crippen molar-refractivity contribution in [3.8, 4) is 0 Å². The molecule has 0 aromatic heterocycles. The third kappa shape index (κ3) is 4.65. The highest BCUT2D eigenvalue weighted by Gasteiger charge is 2.23. The highest BCUT2D eigenvalue weighted by molar-refractivity contribution is 7.89. The first-order valence-corrected chi connectivity index (χ1v) is 9.44. The molecule has 2 unspecified atom stereocenters. The van der Waals surface area contributed by atoms with Crippen LogP contribution in [0.15, 0.2) is 41.8 Å². The molecule has 2 N–H and O–H groups in total. The van der Waals surface area contributed by atoms with Crippen molar-refractivity contribution >= 4 is 15.9 Å². The molecule has 1 saturated carbocycles. The predicted molar refractivity (Wildman–Crippen MR) is 90.7 cm³/mol. The van der Waals surface area contributed by atoms with Crippen LogP contribution in [0.25, 0.3) is 0 Å². The van der Waals surface area contributed by atoms with Crippen molar-refractivity contribution in [1.29, 1.82) is 0 Å². The number of hydrogen-bond donors (Lipinski definition) is 2. The lowest BCUT2D eigenvalue weighted by molar-refractivity contribution is 0.0910. The minimum Gasteiger partial charge on any atom is -0.349 e. The van der Waals surface area contributed by atoms with Gasteiger partial charge in [0.05, 0.1) is 4.90 Å². The van der Waals surface area contributed by atoms with E-state index in [2.05, 4.69) is 23.5 Å². The van der Waals surface area contributed by atoms with Gasteiger partial charge in [0.25, 0.3) is 5.91 Å². The van der Waals surface area contributed by atoms with E-state index in [1.807, 2.05) is 0 Å². The Morgan fingerprint density at radius 2 is 2.09 bits per heavy atom. The van der Waals surface area contributed by atoms with Crippen LogP contribution in [-0.4, -0.2) is 26.9 Å². The molecule has 23 heavy (non-hydrogen) atoms. The minimum absolute atomic E-state index is 0.0868. The fourth-order valence-electron chi connectivity index (χ4n) is 2.84. The lowest BCUT2D eigenvalue weighted by Crippen LogP contribution is -2.41. The van der Waals surface area contributed by atoms with Gasteiger partial charge >= 0.3 is 0 Å². The summed E-state index contributed by atoms with van der Waals surface area (Å²) in [4.78, 5) is 12.5. The van der Waals surface area contributed by atoms with Gasteiger partial charge in [0, 0.05) is 18.2 Å². The molecule has 1 amide bonds. The summed E-state index contributed by atoms with van der Waals surface area (Å²) in [7, 11) is -3.62. The SMILES string of the molecule is C=CCNS(=O)(=O)c1cccc(C(=O)NC2CCCCC2C)c1. The smallest absolute Gasteiger partial charge is 0.251 e. The Kier molecular flexibility index (Phi) is 5.96. The summed E-state index contributed by atoms with van der Waals surface area (Å²) < 4.78 is 26.6. The molecule has 126 valence electrons. The van der Waals surface area contributed by atoms with E-state index in [0.717, 1.165) is 19.3 Å². The van der Waals surface area contributed by atoms with Gasteiger partial charge in [-0.2, -0.15) is 0 Å². The third-order valence-electron chi connectivity index (χ3n) is 4.25. The van der Waals surface area contributed by atoms with E-state index in [0.29, 0.717) is 11.5 Å². The summed E-state index contributed by atoms with van der Waals surface area (Å²) in [5, 5.41) is 3.04. The van der Waals surface area contributed by atoms with E-state index in [4.69, 9.17) is 0 Å². The number of benzene rings is 1. The van der Waals surface area contributed by atoms with Crippen molar-refractivity contribution in [2.75, 3.05) is 6.54 Å². The normalized spacial score (nSPS) is 21.6. The summed E-state index contributed by atoms with van der Waals surface area (Å²) in [6.07, 6.45) is 5.89. The number of carbonyl (C=O) groups is 1. The lowest BCUT2D eigenvalue weighted by Gasteiger charge is -2.29. The molecule has 5 nitrogen and oxygen atoms in total. The van der Waals surface area contributed by atoms with Crippen LogP contribution in [-0.2, 0) is 10.0 Å². The average Bonchev–Trinajstić information content (AvgIpc) is 2.55. The third-order valence-corrected chi connectivity index (χ3v) is 5.67. The van der Waals surface area contributed by atoms with Gasteiger partial charge in [-0.25, -0.2) is 13.1 Å². The van der Waals surface area contributed by atoms with Gasteiger partial charge in [0.15, 0.2) is 0 Å². The van der Waals surface area contributed by atoms with Crippen molar-refractivity contribution in [1.82, 2.24) is 10.0 Å². The Bertz CT molecular complexity index is 670. The first kappa shape index (κ1) is 17.7. The summed E-state index contributed by atoms with van der Waals surface area (Å²) in [6, 6.07) is 6.27. The number of rotatable bonds is 6. The molecule has 0 aliphatic heterocycles. The van der Waals surface area contributed by atoms with E-state index in [9.17, 15) is 13.2 Å². The number of carbonyl (C=O) groups excluding carboxylic acids is 1. The number of sulfonamides is 1. The van der Waals surface area contributed by atoms with Crippen LogP contribution in [0.4, 0.5) is 0 Å². The molecule has 1 fully saturated rings. The number of nitrogens with one attached hydrogen (secondary N) is 2. The molecule has 0 spiro atoms. The van der Waals surface area contributed by atoms with Crippen molar-refractivity contribution in [3.05, 3.63) is 42.5 Å². The predicted octanol–water partition coefficient (Wildman–Crippen LogP) is 2.46. The van der Waals surface area contributed by atoms with Gasteiger partial charge in [-0.3, -0.25) is 4.79 Å². The van der Waals surface area contributed by atoms with Crippen LogP contribution in [0.2, 0.25) is 0 Å². The lowest BCUT2D eigenvalue weighted by atomic mass is 9.86. The standard InChI is InChI=1S/C17H24N2O3S/c1-3-11-18-23(21,22)15-9-6-8-14(12-15)17(20)19-16-10-5-4-7-13(16)2/h3,6,8-9,12-13,16,18H,1,4-5,7,10-11H2,2H3,(H,19,20). The van der Waals surface area contributed by atoms with E-state index in [1.54, 1.807) is 12.1 Å². The Hall–Kier alpha value is -1.66. The maximum atomic E-state index is 12.4. The molecule has 1 aromatic carbocycles. The Morgan fingerprint density at radius 3 is 2.78 bits per heavy atom. The number of hydrogen-bond acceptors (Lipinski definition) is 3. The summed E-state index contributed by atoms with van der Waals surface area (Å²) >= 11 is 0. The topological polar surface area (TPSA) is 75.3 Å². The van der Waals surface area contributed by atoms with Crippen LogP contribution in [0.5, 0.6) is 0 Å². The minimum atomic E-state index is -3.62. The zero-order chi connectivity index (χ0) is 16.9. The van der Waals surface area contributed by atoms with Crippen molar-refractivity contribution in [2.45, 2.75) is 43.5 Å². The average molecular weight is 336 g/mol. The molecule has 0 radical (unpaired) electrons. The van der Waals surface area contributed by atoms with Gasteiger partial charge in [0.1, 0.15) is 0 Å². The quantitative estimate of drug-likeness (QED) is 0.784. The second-order valence-electron chi connectivity index (χ2n) is 6.01. The van der Waals surface area contributed by atoms with E-state index in [-0.39, 0.29) is 23.4 Å². The highest BCUT2D eigenvalue weighted by Crippen LogP contribution is 2.24. The molecule has 1 aliphatic rings. The van der Waals surface area contributed by atoms with Gasteiger partial charge in [-0.05, 0) is 37.0 Å². The first-order valence-electron chi connectivity index (χ1n) is 7.95. The zero-order valence-corrected chi connectivity index (χ0v) is 14.2. The van der Waals surface area contributed by atoms with Crippen LogP contribution in [0.1, 0.15) is 43.0 Å². The zero-order valence-electron chi connectivity index (χ0n) is 13.4. The van der Waals surface area contributed by atoms with Gasteiger partial charge in [-0.15, -0.1) is 6.58 Å². The first-order chi connectivity index (χ1) is 10.9. The molecule has 0 saturated heterocycles. The van der Waals surface area contributed by atoms with E-state index < -0.39 is 10.0 Å². The van der Waals surface area contributed by atoms with Crippen LogP contribution >= 0.6 is 0 Å². The Balaban J connectivity index is 2.12. The van der Waals surface area contributed by atoms with Gasteiger partial charge < -0.3 is 5.32 Å². The molecule has 2 rings (SSSR count). The molecule has 6 heteroatoms. The van der Waals surface area contributed by atoms with Crippen LogP contribution in [0, 0.1) is 5.92 Å². The summed E-state index contributed by atoms with van der Waals surface area (Å²) in [6.45, 7) is 5.78. The monoisotopic (exact) mass is 336 g/mol. The molecule has 1 aliphatic carbocycles. The molecule has 0 bridgehead atoms. The fraction of sp³-hybridized carbons (Fsp3) is 0.471. The molecular weight excluding hydrogens is 312 g/mol. The molecular formula is C17H24N2O3S. The van der Waals surface area contributed by atoms with Crippen LogP contribution < -0.4 is 10.0 Å². The highest BCUT2D eigenvalue weighted by atomic mass is 32.2. The molecule has 2 atom stereocenters. The molecule has 0 heterocycles.